The minimum atomic E-state index is -0.373. The summed E-state index contributed by atoms with van der Waals surface area (Å²) in [6.45, 7) is 0. The summed E-state index contributed by atoms with van der Waals surface area (Å²) in [5.41, 5.74) is 4.90. The van der Waals surface area contributed by atoms with Gasteiger partial charge in [-0.25, -0.2) is 9.59 Å². The molecule has 0 spiro atoms. The number of methoxy groups -OCH3 is 2. The Morgan fingerprint density at radius 2 is 1.00 bits per heavy atom. The van der Waals surface area contributed by atoms with Crippen LogP contribution in [0.4, 0.5) is 0 Å². The van der Waals surface area contributed by atoms with Crippen molar-refractivity contribution in [3.05, 3.63) is 107 Å². The summed E-state index contributed by atoms with van der Waals surface area (Å²) in [5, 5.41) is 0. The molecule has 0 aromatic heterocycles. The lowest BCUT2D eigenvalue weighted by Gasteiger charge is -2.11. The van der Waals surface area contributed by atoms with Crippen LogP contribution in [0.3, 0.4) is 0 Å². The fourth-order valence-corrected chi connectivity index (χ4v) is 2.86. The highest BCUT2D eigenvalue weighted by Crippen LogP contribution is 2.27. The second kappa shape index (κ2) is 8.82. The summed E-state index contributed by atoms with van der Waals surface area (Å²) in [6.07, 6.45) is 2.07. The van der Waals surface area contributed by atoms with Crippen LogP contribution >= 0.6 is 0 Å². The van der Waals surface area contributed by atoms with Crippen molar-refractivity contribution < 1.29 is 19.1 Å². The van der Waals surface area contributed by atoms with Crippen LogP contribution in [0.25, 0.3) is 11.6 Å². The molecule has 3 rings (SSSR count). The van der Waals surface area contributed by atoms with Gasteiger partial charge in [0.2, 0.25) is 0 Å². The number of hydrogen-bond acceptors (Lipinski definition) is 4. The van der Waals surface area contributed by atoms with Gasteiger partial charge in [0.1, 0.15) is 0 Å². The first kappa shape index (κ1) is 19.1. The maximum absolute atomic E-state index is 11.7. The van der Waals surface area contributed by atoms with Crippen LogP contribution in [-0.2, 0) is 9.47 Å². The van der Waals surface area contributed by atoms with E-state index in [1.807, 2.05) is 54.6 Å². The van der Waals surface area contributed by atoms with E-state index in [-0.39, 0.29) is 11.9 Å². The van der Waals surface area contributed by atoms with E-state index in [2.05, 4.69) is 6.08 Å². The molecule has 28 heavy (non-hydrogen) atoms. The Balaban J connectivity index is 2.04. The van der Waals surface area contributed by atoms with Crippen molar-refractivity contribution in [2.75, 3.05) is 14.2 Å². The number of hydrogen-bond donors (Lipinski definition) is 0. The molecule has 4 heteroatoms. The van der Waals surface area contributed by atoms with Crippen molar-refractivity contribution in [2.24, 2.45) is 0 Å². The standard InChI is InChI=1S/C24H20O4/c1-27-23(25)20-12-8-18(9-13-20)22(16-17-6-4-3-5-7-17)19-10-14-21(15-11-19)24(26)28-2/h3-16H,1-2H3. The molecular weight excluding hydrogens is 352 g/mol. The van der Waals surface area contributed by atoms with Crippen LogP contribution in [0.2, 0.25) is 0 Å². The average molecular weight is 372 g/mol. The van der Waals surface area contributed by atoms with Crippen LogP contribution in [-0.4, -0.2) is 26.2 Å². The highest BCUT2D eigenvalue weighted by atomic mass is 16.5. The van der Waals surface area contributed by atoms with Gasteiger partial charge >= 0.3 is 11.9 Å². The predicted molar refractivity (Wildman–Crippen MR) is 109 cm³/mol. The summed E-state index contributed by atoms with van der Waals surface area (Å²) >= 11 is 0. The molecule has 4 nitrogen and oxygen atoms in total. The topological polar surface area (TPSA) is 52.6 Å². The van der Waals surface area contributed by atoms with E-state index in [1.165, 1.54) is 14.2 Å². The van der Waals surface area contributed by atoms with Crippen LogP contribution in [0.15, 0.2) is 78.9 Å². The van der Waals surface area contributed by atoms with Gasteiger partial charge in [-0.1, -0.05) is 54.6 Å². The fraction of sp³-hybridized carbons (Fsp3) is 0.0833. The zero-order valence-electron chi connectivity index (χ0n) is 15.7. The molecule has 140 valence electrons. The maximum Gasteiger partial charge on any atom is 0.337 e. The molecule has 0 unspecified atom stereocenters. The van der Waals surface area contributed by atoms with Gasteiger partial charge in [-0.3, -0.25) is 0 Å². The van der Waals surface area contributed by atoms with E-state index in [4.69, 9.17) is 9.47 Å². The maximum atomic E-state index is 11.7. The van der Waals surface area contributed by atoms with Crippen molar-refractivity contribution in [1.29, 1.82) is 0 Å². The lowest BCUT2D eigenvalue weighted by molar-refractivity contribution is 0.0592. The summed E-state index contributed by atoms with van der Waals surface area (Å²) in [6, 6.07) is 24.4. The van der Waals surface area contributed by atoms with Gasteiger partial charge in [0.25, 0.3) is 0 Å². The minimum absolute atomic E-state index is 0.373. The molecule has 0 N–H and O–H groups in total. The molecule has 0 saturated heterocycles. The molecule has 0 saturated carbocycles. The van der Waals surface area contributed by atoms with Crippen LogP contribution in [0.1, 0.15) is 37.4 Å². The van der Waals surface area contributed by atoms with Crippen molar-refractivity contribution in [1.82, 2.24) is 0 Å². The van der Waals surface area contributed by atoms with Gasteiger partial charge in [-0.2, -0.15) is 0 Å². The molecule has 0 heterocycles. The van der Waals surface area contributed by atoms with Gasteiger partial charge in [0.15, 0.2) is 0 Å². The second-order valence-corrected chi connectivity index (χ2v) is 6.11. The Labute approximate surface area is 164 Å². The summed E-state index contributed by atoms with van der Waals surface area (Å²) in [5.74, 6) is -0.745. The molecule has 0 atom stereocenters. The van der Waals surface area contributed by atoms with Gasteiger partial charge < -0.3 is 9.47 Å². The molecule has 0 aliphatic heterocycles. The van der Waals surface area contributed by atoms with E-state index in [0.29, 0.717) is 11.1 Å². The summed E-state index contributed by atoms with van der Waals surface area (Å²) in [7, 11) is 2.72. The molecule has 0 radical (unpaired) electrons. The van der Waals surface area contributed by atoms with E-state index in [0.717, 1.165) is 22.3 Å². The van der Waals surface area contributed by atoms with Crippen molar-refractivity contribution >= 4 is 23.6 Å². The third-order valence-corrected chi connectivity index (χ3v) is 4.34. The zero-order chi connectivity index (χ0) is 19.9. The Kier molecular flexibility index (Phi) is 6.02. The molecule has 3 aromatic carbocycles. The third kappa shape index (κ3) is 4.35. The number of ether oxygens (including phenoxy) is 2. The normalized spacial score (nSPS) is 10.1. The van der Waals surface area contributed by atoms with Crippen molar-refractivity contribution in [3.8, 4) is 0 Å². The Morgan fingerprint density at radius 3 is 1.39 bits per heavy atom. The molecule has 0 aliphatic rings. The fourth-order valence-electron chi connectivity index (χ4n) is 2.86. The van der Waals surface area contributed by atoms with E-state index < -0.39 is 0 Å². The first-order valence-electron chi connectivity index (χ1n) is 8.76. The van der Waals surface area contributed by atoms with Crippen molar-refractivity contribution in [3.63, 3.8) is 0 Å². The first-order valence-corrected chi connectivity index (χ1v) is 8.76. The highest BCUT2D eigenvalue weighted by Gasteiger charge is 2.11. The summed E-state index contributed by atoms with van der Waals surface area (Å²) in [4.78, 5) is 23.4. The number of benzene rings is 3. The average Bonchev–Trinajstić information content (AvgIpc) is 2.77. The van der Waals surface area contributed by atoms with E-state index in [1.54, 1.807) is 24.3 Å². The van der Waals surface area contributed by atoms with Gasteiger partial charge in [-0.15, -0.1) is 0 Å². The van der Waals surface area contributed by atoms with Crippen LogP contribution < -0.4 is 0 Å². The second-order valence-electron chi connectivity index (χ2n) is 6.11. The lowest BCUT2D eigenvalue weighted by Crippen LogP contribution is -2.02. The van der Waals surface area contributed by atoms with E-state index in [9.17, 15) is 9.59 Å². The smallest absolute Gasteiger partial charge is 0.337 e. The minimum Gasteiger partial charge on any atom is -0.465 e. The van der Waals surface area contributed by atoms with E-state index >= 15 is 0 Å². The van der Waals surface area contributed by atoms with Crippen LogP contribution in [0, 0.1) is 0 Å². The number of rotatable bonds is 5. The van der Waals surface area contributed by atoms with Gasteiger partial charge in [-0.05, 0) is 52.6 Å². The molecule has 0 bridgehead atoms. The molecular formula is C24H20O4. The Hall–Kier alpha value is -3.66. The first-order chi connectivity index (χ1) is 13.6. The highest BCUT2D eigenvalue weighted by molar-refractivity contribution is 5.95. The number of carbonyl (C=O) groups excluding carboxylic acids is 2. The number of esters is 2. The third-order valence-electron chi connectivity index (χ3n) is 4.34. The lowest BCUT2D eigenvalue weighted by atomic mass is 9.94. The predicted octanol–water partition coefficient (Wildman–Crippen LogP) is 4.85. The van der Waals surface area contributed by atoms with Gasteiger partial charge in [0, 0.05) is 0 Å². The largest absolute Gasteiger partial charge is 0.465 e. The van der Waals surface area contributed by atoms with Crippen LogP contribution in [0.5, 0.6) is 0 Å². The monoisotopic (exact) mass is 372 g/mol. The Morgan fingerprint density at radius 1 is 0.607 bits per heavy atom. The number of carbonyl (C=O) groups is 2. The quantitative estimate of drug-likeness (QED) is 0.475. The zero-order valence-corrected chi connectivity index (χ0v) is 15.7. The SMILES string of the molecule is COC(=O)c1ccc(C(=Cc2ccccc2)c2ccc(C(=O)OC)cc2)cc1. The van der Waals surface area contributed by atoms with Gasteiger partial charge in [0.05, 0.1) is 25.3 Å². The molecule has 0 aliphatic carbocycles. The molecule has 0 amide bonds. The molecule has 0 fully saturated rings. The summed E-state index contributed by atoms with van der Waals surface area (Å²) < 4.78 is 9.53. The Bertz CT molecular complexity index is 924. The van der Waals surface area contributed by atoms with Crippen molar-refractivity contribution in [2.45, 2.75) is 0 Å². The molecule has 3 aromatic rings.